The minimum absolute atomic E-state index is 0.0949. The molecule has 1 aromatic heterocycles. The van der Waals surface area contributed by atoms with Gasteiger partial charge in [-0.3, -0.25) is 19.6 Å². The molecule has 1 aliphatic heterocycles. The number of urea groups is 1. The highest BCUT2D eigenvalue weighted by molar-refractivity contribution is 6.14. The van der Waals surface area contributed by atoms with Gasteiger partial charge < -0.3 is 10.1 Å². The lowest BCUT2D eigenvalue weighted by Crippen LogP contribution is -2.30. The Bertz CT molecular complexity index is 1650. The van der Waals surface area contributed by atoms with Gasteiger partial charge in [0.15, 0.2) is 11.6 Å². The van der Waals surface area contributed by atoms with E-state index in [1.165, 1.54) is 30.0 Å². The molecule has 3 amide bonds. The third kappa shape index (κ3) is 4.36. The number of hydrogen-bond donors (Lipinski definition) is 2. The number of carbonyl (C=O) groups is 2. The van der Waals surface area contributed by atoms with Crippen molar-refractivity contribution in [3.05, 3.63) is 111 Å². The van der Waals surface area contributed by atoms with Crippen molar-refractivity contribution in [2.45, 2.75) is 13.5 Å². The predicted molar refractivity (Wildman–Crippen MR) is 137 cm³/mol. The largest absolute Gasteiger partial charge is 0.496 e. The molecule has 0 unspecified atom stereocenters. The summed E-state index contributed by atoms with van der Waals surface area (Å²) >= 11 is 0. The van der Waals surface area contributed by atoms with Crippen LogP contribution in [-0.4, -0.2) is 33.7 Å². The van der Waals surface area contributed by atoms with Crippen LogP contribution in [0.2, 0.25) is 0 Å². The number of H-pyrrole nitrogens is 1. The number of imide groups is 1. The molecular formula is C28H22F2N4O4. The summed E-state index contributed by atoms with van der Waals surface area (Å²) in [5.41, 5.74) is 1.76. The average molecular weight is 517 g/mol. The number of halogens is 2. The summed E-state index contributed by atoms with van der Waals surface area (Å²) in [7, 11) is 1.50. The van der Waals surface area contributed by atoms with Crippen molar-refractivity contribution in [1.29, 1.82) is 0 Å². The number of benzene rings is 3. The molecule has 0 radical (unpaired) electrons. The number of nitrogens with zero attached hydrogens (tertiary/aromatic N) is 2. The zero-order valence-corrected chi connectivity index (χ0v) is 20.4. The Balaban J connectivity index is 1.60. The fraction of sp³-hybridized carbons (Fsp3) is 0.107. The number of para-hydroxylation sites is 1. The van der Waals surface area contributed by atoms with Crippen molar-refractivity contribution in [1.82, 2.24) is 20.0 Å². The number of hydrogen-bond acceptors (Lipinski definition) is 4. The van der Waals surface area contributed by atoms with Gasteiger partial charge in [-0.15, -0.1) is 0 Å². The minimum Gasteiger partial charge on any atom is -0.496 e. The zero-order valence-electron chi connectivity index (χ0n) is 20.4. The van der Waals surface area contributed by atoms with Crippen LogP contribution in [0.3, 0.4) is 0 Å². The van der Waals surface area contributed by atoms with E-state index in [9.17, 15) is 23.2 Å². The summed E-state index contributed by atoms with van der Waals surface area (Å²) in [5.74, 6) is -2.53. The molecule has 3 aromatic carbocycles. The second-order valence-corrected chi connectivity index (χ2v) is 8.67. The summed E-state index contributed by atoms with van der Waals surface area (Å²) in [5, 5.41) is 5.53. The van der Waals surface area contributed by atoms with Gasteiger partial charge in [0.2, 0.25) is 0 Å². The fourth-order valence-corrected chi connectivity index (χ4v) is 4.22. The van der Waals surface area contributed by atoms with Crippen molar-refractivity contribution >= 4 is 18.0 Å². The van der Waals surface area contributed by atoms with Gasteiger partial charge in [-0.05, 0) is 43.3 Å². The van der Waals surface area contributed by atoms with Crippen molar-refractivity contribution in [2.24, 2.45) is 0 Å². The van der Waals surface area contributed by atoms with Crippen LogP contribution < -0.4 is 15.6 Å². The van der Waals surface area contributed by atoms with E-state index < -0.39 is 35.7 Å². The van der Waals surface area contributed by atoms with Gasteiger partial charge in [-0.2, -0.15) is 0 Å². The van der Waals surface area contributed by atoms with Gasteiger partial charge in [0, 0.05) is 11.1 Å². The second-order valence-electron chi connectivity index (χ2n) is 8.67. The summed E-state index contributed by atoms with van der Waals surface area (Å²) in [6.07, 6.45) is 1.27. The van der Waals surface area contributed by atoms with Crippen LogP contribution in [-0.2, 0) is 11.3 Å². The minimum atomic E-state index is -1.14. The molecule has 1 aliphatic rings. The van der Waals surface area contributed by atoms with Crippen molar-refractivity contribution < 1.29 is 23.1 Å². The lowest BCUT2D eigenvalue weighted by Gasteiger charge is -2.12. The third-order valence-corrected chi connectivity index (χ3v) is 6.21. The van der Waals surface area contributed by atoms with Crippen LogP contribution in [0.25, 0.3) is 23.0 Å². The normalized spacial score (nSPS) is 14.3. The number of aryl methyl sites for hydroxylation is 1. The topological polar surface area (TPSA) is 96.4 Å². The maximum atomic E-state index is 14.2. The quantitative estimate of drug-likeness (QED) is 0.291. The standard InChI is InChI=1S/C28H22F2N4O4/c1-16-10-12-18(13-11-16)34-26(35)20(25(32-34)19-7-3-4-9-23(19)38-2)14-22-27(36)33(28(37)31-22)15-17-6-5-8-21(29)24(17)30/h3-14,32H,15H2,1-2H3,(H,31,37). The van der Waals surface area contributed by atoms with Crippen LogP contribution in [0.1, 0.15) is 16.7 Å². The van der Waals surface area contributed by atoms with Crippen LogP contribution in [0.5, 0.6) is 5.75 Å². The molecule has 192 valence electrons. The number of carbonyl (C=O) groups excluding carboxylic acids is 2. The highest BCUT2D eigenvalue weighted by Gasteiger charge is 2.35. The molecule has 4 aromatic rings. The Labute approximate surface area is 215 Å². The van der Waals surface area contributed by atoms with E-state index in [1.807, 2.05) is 19.1 Å². The maximum Gasteiger partial charge on any atom is 0.329 e. The van der Waals surface area contributed by atoms with E-state index in [0.29, 0.717) is 22.7 Å². The van der Waals surface area contributed by atoms with Gasteiger partial charge in [0.05, 0.1) is 30.6 Å². The van der Waals surface area contributed by atoms with E-state index in [1.54, 1.807) is 36.4 Å². The lowest BCUT2D eigenvalue weighted by atomic mass is 10.1. The lowest BCUT2D eigenvalue weighted by molar-refractivity contribution is -0.123. The second kappa shape index (κ2) is 9.81. The third-order valence-electron chi connectivity index (χ3n) is 6.21. The van der Waals surface area contributed by atoms with E-state index in [4.69, 9.17) is 4.74 Å². The van der Waals surface area contributed by atoms with Gasteiger partial charge in [0.1, 0.15) is 11.4 Å². The molecule has 38 heavy (non-hydrogen) atoms. The first-order chi connectivity index (χ1) is 18.3. The first kappa shape index (κ1) is 24.7. The van der Waals surface area contributed by atoms with E-state index in [2.05, 4.69) is 10.4 Å². The molecule has 0 atom stereocenters. The highest BCUT2D eigenvalue weighted by atomic mass is 19.2. The smallest absolute Gasteiger partial charge is 0.329 e. The van der Waals surface area contributed by atoms with Crippen molar-refractivity contribution in [3.63, 3.8) is 0 Å². The van der Waals surface area contributed by atoms with Crippen LogP contribution >= 0.6 is 0 Å². The molecule has 1 saturated heterocycles. The number of nitrogens with one attached hydrogen (secondary N) is 2. The Morgan fingerprint density at radius 2 is 1.68 bits per heavy atom. The molecule has 10 heteroatoms. The monoisotopic (exact) mass is 516 g/mol. The number of methoxy groups -OCH3 is 1. The van der Waals surface area contributed by atoms with Crippen LogP contribution in [0.4, 0.5) is 13.6 Å². The van der Waals surface area contributed by atoms with Gasteiger partial charge in [0.25, 0.3) is 11.5 Å². The summed E-state index contributed by atoms with van der Waals surface area (Å²) in [6, 6.07) is 17.0. The Kier molecular flexibility index (Phi) is 6.38. The number of amides is 3. The number of rotatable bonds is 6. The van der Waals surface area contributed by atoms with Crippen LogP contribution in [0.15, 0.2) is 77.2 Å². The first-order valence-electron chi connectivity index (χ1n) is 11.6. The highest BCUT2D eigenvalue weighted by Crippen LogP contribution is 2.31. The molecule has 0 spiro atoms. The zero-order chi connectivity index (χ0) is 27.0. The fourth-order valence-electron chi connectivity index (χ4n) is 4.22. The Morgan fingerprint density at radius 3 is 2.42 bits per heavy atom. The molecule has 0 saturated carbocycles. The van der Waals surface area contributed by atoms with Crippen molar-refractivity contribution in [3.8, 4) is 22.7 Å². The summed E-state index contributed by atoms with van der Waals surface area (Å²) < 4.78 is 34.6. The maximum absolute atomic E-state index is 14.2. The SMILES string of the molecule is COc1ccccc1-c1[nH]n(-c2ccc(C)cc2)c(=O)c1C=C1NC(=O)N(Cc2cccc(F)c2F)C1=O. The van der Waals surface area contributed by atoms with Crippen molar-refractivity contribution in [2.75, 3.05) is 7.11 Å². The summed E-state index contributed by atoms with van der Waals surface area (Å²) in [4.78, 5) is 40.1. The van der Waals surface area contributed by atoms with E-state index in [0.717, 1.165) is 16.5 Å². The molecule has 5 rings (SSSR count). The Morgan fingerprint density at radius 1 is 0.947 bits per heavy atom. The van der Waals surface area contributed by atoms with E-state index >= 15 is 0 Å². The molecule has 0 bridgehead atoms. The number of aromatic nitrogens is 2. The van der Waals surface area contributed by atoms with Crippen LogP contribution in [0, 0.1) is 18.6 Å². The molecule has 2 heterocycles. The molecule has 8 nitrogen and oxygen atoms in total. The molecular weight excluding hydrogens is 494 g/mol. The number of aromatic amines is 1. The Hall–Kier alpha value is -4.99. The molecule has 2 N–H and O–H groups in total. The predicted octanol–water partition coefficient (Wildman–Crippen LogP) is 4.52. The molecule has 1 fully saturated rings. The van der Waals surface area contributed by atoms with Gasteiger partial charge in [-0.1, -0.05) is 42.0 Å². The summed E-state index contributed by atoms with van der Waals surface area (Å²) in [6.45, 7) is 1.44. The molecule has 0 aliphatic carbocycles. The van der Waals surface area contributed by atoms with Gasteiger partial charge in [-0.25, -0.2) is 18.3 Å². The number of ether oxygens (including phenoxy) is 1. The first-order valence-corrected chi connectivity index (χ1v) is 11.6. The van der Waals surface area contributed by atoms with E-state index in [-0.39, 0.29) is 16.8 Å². The van der Waals surface area contributed by atoms with Gasteiger partial charge >= 0.3 is 6.03 Å². The average Bonchev–Trinajstić information content (AvgIpc) is 3.38.